The molecule has 0 aliphatic rings. The van der Waals surface area contributed by atoms with Crippen molar-refractivity contribution in [3.8, 4) is 0 Å². The number of fused-ring (bicyclic) bond motifs is 1. The second-order valence-corrected chi connectivity index (χ2v) is 4.54. The molecule has 1 aromatic carbocycles. The van der Waals surface area contributed by atoms with Crippen LogP contribution >= 0.6 is 12.2 Å². The number of para-hydroxylation sites is 2. The third-order valence-electron chi connectivity index (χ3n) is 2.75. The fourth-order valence-electron chi connectivity index (χ4n) is 1.91. The van der Waals surface area contributed by atoms with Crippen molar-refractivity contribution < 1.29 is 0 Å². The minimum absolute atomic E-state index is 0.360. The van der Waals surface area contributed by atoms with Gasteiger partial charge in [-0.05, 0) is 31.3 Å². The number of hydrogen-bond acceptors (Lipinski definition) is 2. The molecule has 0 radical (unpaired) electrons. The van der Waals surface area contributed by atoms with Crippen LogP contribution in [0.5, 0.6) is 0 Å². The highest BCUT2D eigenvalue weighted by Gasteiger charge is 2.06. The SMILES string of the molecule is C=CCNC(C)Cn1c(=S)[nH]c2ccccc21. The predicted octanol–water partition coefficient (Wildman–Crippen LogP) is 2.86. The van der Waals surface area contributed by atoms with Gasteiger partial charge in [-0.1, -0.05) is 18.2 Å². The maximum Gasteiger partial charge on any atom is 0.178 e. The van der Waals surface area contributed by atoms with Crippen molar-refractivity contribution in [1.82, 2.24) is 14.9 Å². The van der Waals surface area contributed by atoms with E-state index >= 15 is 0 Å². The van der Waals surface area contributed by atoms with Crippen molar-refractivity contribution in [3.05, 3.63) is 41.7 Å². The molecule has 0 amide bonds. The van der Waals surface area contributed by atoms with Gasteiger partial charge >= 0.3 is 0 Å². The quantitative estimate of drug-likeness (QED) is 0.629. The van der Waals surface area contributed by atoms with Gasteiger partial charge < -0.3 is 14.9 Å². The van der Waals surface area contributed by atoms with Crippen LogP contribution in [0.25, 0.3) is 11.0 Å². The van der Waals surface area contributed by atoms with E-state index < -0.39 is 0 Å². The lowest BCUT2D eigenvalue weighted by Crippen LogP contribution is -2.30. The summed E-state index contributed by atoms with van der Waals surface area (Å²) in [4.78, 5) is 3.22. The van der Waals surface area contributed by atoms with E-state index in [4.69, 9.17) is 12.2 Å². The number of aromatic nitrogens is 2. The molecular formula is C13H17N3S. The summed E-state index contributed by atoms with van der Waals surface area (Å²) < 4.78 is 2.91. The number of rotatable bonds is 5. The zero-order valence-corrected chi connectivity index (χ0v) is 10.8. The van der Waals surface area contributed by atoms with Gasteiger partial charge in [-0.3, -0.25) is 0 Å². The normalized spacial score (nSPS) is 12.8. The number of imidazole rings is 1. The van der Waals surface area contributed by atoms with Crippen LogP contribution in [0.2, 0.25) is 0 Å². The number of aromatic amines is 1. The Kier molecular flexibility index (Phi) is 3.76. The lowest BCUT2D eigenvalue weighted by Gasteiger charge is -2.13. The zero-order valence-electron chi connectivity index (χ0n) is 9.94. The molecule has 90 valence electrons. The van der Waals surface area contributed by atoms with Gasteiger partial charge in [-0.15, -0.1) is 6.58 Å². The monoisotopic (exact) mass is 247 g/mol. The fourth-order valence-corrected chi connectivity index (χ4v) is 2.19. The molecule has 1 heterocycles. The Morgan fingerprint density at radius 3 is 3.06 bits per heavy atom. The highest BCUT2D eigenvalue weighted by molar-refractivity contribution is 7.71. The molecule has 2 N–H and O–H groups in total. The van der Waals surface area contributed by atoms with Crippen LogP contribution in [0.3, 0.4) is 0 Å². The van der Waals surface area contributed by atoms with E-state index in [0.717, 1.165) is 28.9 Å². The maximum absolute atomic E-state index is 5.34. The molecule has 4 heteroatoms. The van der Waals surface area contributed by atoms with Crippen molar-refractivity contribution in [2.24, 2.45) is 0 Å². The number of nitrogens with zero attached hydrogens (tertiary/aromatic N) is 1. The fraction of sp³-hybridized carbons (Fsp3) is 0.308. The third-order valence-corrected chi connectivity index (χ3v) is 3.07. The summed E-state index contributed by atoms with van der Waals surface area (Å²) in [7, 11) is 0. The smallest absolute Gasteiger partial charge is 0.178 e. The molecule has 0 fully saturated rings. The number of hydrogen-bond donors (Lipinski definition) is 2. The van der Waals surface area contributed by atoms with E-state index in [1.807, 2.05) is 24.3 Å². The highest BCUT2D eigenvalue weighted by Crippen LogP contribution is 2.13. The van der Waals surface area contributed by atoms with Crippen molar-refractivity contribution in [3.63, 3.8) is 0 Å². The molecule has 0 saturated carbocycles. The van der Waals surface area contributed by atoms with Gasteiger partial charge in [0, 0.05) is 19.1 Å². The van der Waals surface area contributed by atoms with Gasteiger partial charge in [0.2, 0.25) is 0 Å². The van der Waals surface area contributed by atoms with Crippen LogP contribution < -0.4 is 5.32 Å². The Balaban J connectivity index is 2.26. The van der Waals surface area contributed by atoms with Crippen LogP contribution in [0, 0.1) is 4.77 Å². The first-order valence-electron chi connectivity index (χ1n) is 5.74. The second kappa shape index (κ2) is 5.29. The molecule has 0 saturated heterocycles. The lowest BCUT2D eigenvalue weighted by molar-refractivity contribution is 0.503. The zero-order chi connectivity index (χ0) is 12.3. The van der Waals surface area contributed by atoms with E-state index in [2.05, 4.69) is 34.4 Å². The van der Waals surface area contributed by atoms with Crippen LogP contribution in [0.4, 0.5) is 0 Å². The largest absolute Gasteiger partial charge is 0.331 e. The Bertz CT molecular complexity index is 567. The van der Waals surface area contributed by atoms with Crippen LogP contribution in [0.15, 0.2) is 36.9 Å². The maximum atomic E-state index is 5.34. The minimum Gasteiger partial charge on any atom is -0.331 e. The van der Waals surface area contributed by atoms with Crippen LogP contribution in [-0.2, 0) is 6.54 Å². The molecule has 0 aliphatic carbocycles. The molecule has 2 aromatic rings. The van der Waals surface area contributed by atoms with E-state index in [-0.39, 0.29) is 0 Å². The summed E-state index contributed by atoms with van der Waals surface area (Å²) in [5, 5.41) is 3.36. The summed E-state index contributed by atoms with van der Waals surface area (Å²) in [6.45, 7) is 7.52. The average Bonchev–Trinajstić information content (AvgIpc) is 2.64. The van der Waals surface area contributed by atoms with Gasteiger partial charge in [-0.2, -0.15) is 0 Å². The third kappa shape index (κ3) is 2.65. The minimum atomic E-state index is 0.360. The molecule has 0 bridgehead atoms. The van der Waals surface area contributed by atoms with Crippen molar-refractivity contribution in [2.75, 3.05) is 6.54 Å². The number of benzene rings is 1. The topological polar surface area (TPSA) is 32.8 Å². The molecular weight excluding hydrogens is 230 g/mol. The van der Waals surface area contributed by atoms with Gasteiger partial charge in [0.05, 0.1) is 11.0 Å². The van der Waals surface area contributed by atoms with E-state index in [1.165, 1.54) is 0 Å². The van der Waals surface area contributed by atoms with Crippen molar-refractivity contribution in [2.45, 2.75) is 19.5 Å². The molecule has 2 rings (SSSR count). The molecule has 3 nitrogen and oxygen atoms in total. The van der Waals surface area contributed by atoms with Crippen LogP contribution in [0.1, 0.15) is 6.92 Å². The summed E-state index contributed by atoms with van der Waals surface area (Å²) in [6.07, 6.45) is 1.87. The standard InChI is InChI=1S/C13H17N3S/c1-3-8-14-10(2)9-16-12-7-5-4-6-11(12)15-13(16)17/h3-7,10,14H,1,8-9H2,2H3,(H,15,17). The van der Waals surface area contributed by atoms with E-state index in [9.17, 15) is 0 Å². The van der Waals surface area contributed by atoms with Gasteiger partial charge in [0.15, 0.2) is 4.77 Å². The Morgan fingerprint density at radius 2 is 2.29 bits per heavy atom. The lowest BCUT2D eigenvalue weighted by atomic mass is 10.3. The van der Waals surface area contributed by atoms with Crippen molar-refractivity contribution in [1.29, 1.82) is 0 Å². The van der Waals surface area contributed by atoms with E-state index in [1.54, 1.807) is 0 Å². The molecule has 17 heavy (non-hydrogen) atoms. The van der Waals surface area contributed by atoms with Gasteiger partial charge in [0.25, 0.3) is 0 Å². The van der Waals surface area contributed by atoms with E-state index in [0.29, 0.717) is 6.04 Å². The molecule has 1 atom stereocenters. The van der Waals surface area contributed by atoms with Crippen molar-refractivity contribution >= 4 is 23.3 Å². The molecule has 1 aromatic heterocycles. The Hall–Kier alpha value is -1.39. The summed E-state index contributed by atoms with van der Waals surface area (Å²) >= 11 is 5.34. The molecule has 1 unspecified atom stereocenters. The predicted molar refractivity (Wildman–Crippen MR) is 74.8 cm³/mol. The average molecular weight is 247 g/mol. The number of nitrogens with one attached hydrogen (secondary N) is 2. The Labute approximate surface area is 106 Å². The summed E-state index contributed by atoms with van der Waals surface area (Å²) in [6, 6.07) is 8.53. The van der Waals surface area contributed by atoms with Gasteiger partial charge in [-0.25, -0.2) is 0 Å². The first-order valence-corrected chi connectivity index (χ1v) is 6.15. The van der Waals surface area contributed by atoms with Crippen LogP contribution in [-0.4, -0.2) is 22.1 Å². The first kappa shape index (κ1) is 12.1. The summed E-state index contributed by atoms with van der Waals surface area (Å²) in [5.41, 5.74) is 2.25. The first-order chi connectivity index (χ1) is 8.22. The Morgan fingerprint density at radius 1 is 1.53 bits per heavy atom. The number of H-pyrrole nitrogens is 1. The second-order valence-electron chi connectivity index (χ2n) is 4.16. The summed E-state index contributed by atoms with van der Waals surface area (Å²) in [5.74, 6) is 0. The van der Waals surface area contributed by atoms with Gasteiger partial charge in [0.1, 0.15) is 0 Å². The molecule has 0 aliphatic heterocycles. The molecule has 0 spiro atoms. The highest BCUT2D eigenvalue weighted by atomic mass is 32.1.